The number of rotatable bonds is 12. The molecule has 1 saturated heterocycles. The summed E-state index contributed by atoms with van der Waals surface area (Å²) < 4.78 is 0. The van der Waals surface area contributed by atoms with Crippen molar-refractivity contribution in [2.45, 2.75) is 103 Å². The van der Waals surface area contributed by atoms with E-state index < -0.39 is 0 Å². The Morgan fingerprint density at radius 1 is 0.905 bits per heavy atom. The summed E-state index contributed by atoms with van der Waals surface area (Å²) in [5.41, 5.74) is 0. The molecule has 0 aromatic heterocycles. The molecule has 0 bridgehead atoms. The molecule has 124 valence electrons. The van der Waals surface area contributed by atoms with Gasteiger partial charge in [-0.15, -0.1) is 0 Å². The van der Waals surface area contributed by atoms with Crippen LogP contribution < -0.4 is 0 Å². The van der Waals surface area contributed by atoms with Crippen molar-refractivity contribution >= 4 is 5.78 Å². The predicted octanol–water partition coefficient (Wildman–Crippen LogP) is 5.35. The number of ketones is 1. The Labute approximate surface area is 132 Å². The zero-order valence-electron chi connectivity index (χ0n) is 14.5. The molecule has 0 N–H and O–H groups in total. The summed E-state index contributed by atoms with van der Waals surface area (Å²) in [4.78, 5) is 14.1. The molecule has 0 spiro atoms. The van der Waals surface area contributed by atoms with Crippen molar-refractivity contribution in [1.29, 1.82) is 0 Å². The Kier molecular flexibility index (Phi) is 10.9. The molecule has 0 amide bonds. The number of carbonyl (C=O) groups excluding carboxylic acids is 1. The third kappa shape index (κ3) is 8.60. The first-order valence-corrected chi connectivity index (χ1v) is 9.50. The van der Waals surface area contributed by atoms with E-state index in [0.29, 0.717) is 5.78 Å². The normalized spacial score (nSPS) is 19.8. The maximum Gasteiger partial charge on any atom is 0.146 e. The van der Waals surface area contributed by atoms with Crippen LogP contribution in [-0.2, 0) is 4.79 Å². The first-order valence-electron chi connectivity index (χ1n) is 9.50. The molecule has 1 atom stereocenters. The second kappa shape index (κ2) is 12.2. The van der Waals surface area contributed by atoms with Crippen molar-refractivity contribution in [3.05, 3.63) is 0 Å². The molecule has 0 radical (unpaired) electrons. The molecule has 0 saturated carbocycles. The summed E-state index contributed by atoms with van der Waals surface area (Å²) in [6, 6.07) is 0.234. The van der Waals surface area contributed by atoms with E-state index >= 15 is 0 Å². The van der Waals surface area contributed by atoms with Gasteiger partial charge >= 0.3 is 0 Å². The molecule has 1 heterocycles. The van der Waals surface area contributed by atoms with Gasteiger partial charge in [-0.05, 0) is 39.3 Å². The Morgan fingerprint density at radius 2 is 1.48 bits per heavy atom. The lowest BCUT2D eigenvalue weighted by atomic mass is 9.98. The van der Waals surface area contributed by atoms with Gasteiger partial charge in [0.1, 0.15) is 5.78 Å². The smallest absolute Gasteiger partial charge is 0.146 e. The SMILES string of the molecule is CCCCCCCCCCCCN1CCCCC1C(C)=O. The summed E-state index contributed by atoms with van der Waals surface area (Å²) >= 11 is 0. The van der Waals surface area contributed by atoms with Gasteiger partial charge < -0.3 is 0 Å². The van der Waals surface area contributed by atoms with Crippen molar-refractivity contribution in [3.63, 3.8) is 0 Å². The predicted molar refractivity (Wildman–Crippen MR) is 91.7 cm³/mol. The Hall–Kier alpha value is -0.370. The van der Waals surface area contributed by atoms with Crippen molar-refractivity contribution in [3.8, 4) is 0 Å². The lowest BCUT2D eigenvalue weighted by molar-refractivity contribution is -0.123. The van der Waals surface area contributed by atoms with E-state index in [2.05, 4.69) is 11.8 Å². The monoisotopic (exact) mass is 295 g/mol. The highest BCUT2D eigenvalue weighted by Crippen LogP contribution is 2.19. The lowest BCUT2D eigenvalue weighted by Crippen LogP contribution is -2.44. The fourth-order valence-electron chi connectivity index (χ4n) is 3.52. The van der Waals surface area contributed by atoms with Gasteiger partial charge in [0.25, 0.3) is 0 Å². The standard InChI is InChI=1S/C19H37NO/c1-3-4-5-6-7-8-9-10-11-13-16-20-17-14-12-15-19(20)18(2)21/h19H,3-17H2,1-2H3. The van der Waals surface area contributed by atoms with Gasteiger partial charge in [0.15, 0.2) is 0 Å². The highest BCUT2D eigenvalue weighted by atomic mass is 16.1. The topological polar surface area (TPSA) is 20.3 Å². The molecule has 0 aliphatic carbocycles. The summed E-state index contributed by atoms with van der Waals surface area (Å²) in [6.45, 7) is 6.32. The van der Waals surface area contributed by atoms with Crippen LogP contribution in [0.4, 0.5) is 0 Å². The summed E-state index contributed by atoms with van der Waals surface area (Å²) in [5.74, 6) is 0.377. The van der Waals surface area contributed by atoms with E-state index in [0.717, 1.165) is 19.5 Å². The third-order valence-corrected chi connectivity index (χ3v) is 4.88. The van der Waals surface area contributed by atoms with Crippen LogP contribution in [0.2, 0.25) is 0 Å². The minimum absolute atomic E-state index is 0.234. The zero-order chi connectivity index (χ0) is 15.3. The quantitative estimate of drug-likeness (QED) is 0.452. The van der Waals surface area contributed by atoms with Crippen LogP contribution in [0.5, 0.6) is 0 Å². The minimum atomic E-state index is 0.234. The first kappa shape index (κ1) is 18.7. The molecule has 0 aromatic carbocycles. The molecule has 1 aliphatic heterocycles. The number of unbranched alkanes of at least 4 members (excludes halogenated alkanes) is 9. The summed E-state index contributed by atoms with van der Waals surface area (Å²) in [5, 5.41) is 0. The molecule has 0 aromatic rings. The van der Waals surface area contributed by atoms with Crippen molar-refractivity contribution in [2.75, 3.05) is 13.1 Å². The van der Waals surface area contributed by atoms with Crippen LogP contribution in [0.25, 0.3) is 0 Å². The van der Waals surface area contributed by atoms with Gasteiger partial charge in [0, 0.05) is 0 Å². The fraction of sp³-hybridized carbons (Fsp3) is 0.947. The van der Waals surface area contributed by atoms with Gasteiger partial charge in [-0.2, -0.15) is 0 Å². The molecule has 1 rings (SSSR count). The lowest BCUT2D eigenvalue weighted by Gasteiger charge is -2.34. The van der Waals surface area contributed by atoms with Gasteiger partial charge in [-0.25, -0.2) is 0 Å². The van der Waals surface area contributed by atoms with E-state index in [-0.39, 0.29) is 6.04 Å². The number of hydrogen-bond donors (Lipinski definition) is 0. The number of Topliss-reactive ketones (excluding diaryl/α,β-unsaturated/α-hetero) is 1. The maximum absolute atomic E-state index is 11.6. The zero-order valence-corrected chi connectivity index (χ0v) is 14.5. The van der Waals surface area contributed by atoms with Crippen LogP contribution in [0.3, 0.4) is 0 Å². The summed E-state index contributed by atoms with van der Waals surface area (Å²) in [7, 11) is 0. The van der Waals surface area contributed by atoms with Crippen molar-refractivity contribution < 1.29 is 4.79 Å². The number of piperidine rings is 1. The van der Waals surface area contributed by atoms with Crippen molar-refractivity contribution in [2.24, 2.45) is 0 Å². The molecular weight excluding hydrogens is 258 g/mol. The number of likely N-dealkylation sites (tertiary alicyclic amines) is 1. The first-order chi connectivity index (χ1) is 10.3. The van der Waals surface area contributed by atoms with Crippen LogP contribution in [0, 0.1) is 0 Å². The molecule has 1 unspecified atom stereocenters. The molecule has 1 fully saturated rings. The molecule has 1 aliphatic rings. The Balaban J connectivity index is 1.94. The Bertz CT molecular complexity index is 264. The number of hydrogen-bond acceptors (Lipinski definition) is 2. The second-order valence-electron chi connectivity index (χ2n) is 6.84. The number of carbonyl (C=O) groups is 1. The molecular formula is C19H37NO. The van der Waals surface area contributed by atoms with Crippen LogP contribution in [0.15, 0.2) is 0 Å². The minimum Gasteiger partial charge on any atom is -0.298 e. The highest BCUT2D eigenvalue weighted by Gasteiger charge is 2.24. The van der Waals surface area contributed by atoms with E-state index in [9.17, 15) is 4.79 Å². The van der Waals surface area contributed by atoms with Crippen LogP contribution in [0.1, 0.15) is 97.3 Å². The van der Waals surface area contributed by atoms with Crippen LogP contribution in [-0.4, -0.2) is 29.8 Å². The van der Waals surface area contributed by atoms with E-state index in [4.69, 9.17) is 0 Å². The molecule has 2 nitrogen and oxygen atoms in total. The van der Waals surface area contributed by atoms with Gasteiger partial charge in [0.2, 0.25) is 0 Å². The molecule has 21 heavy (non-hydrogen) atoms. The third-order valence-electron chi connectivity index (χ3n) is 4.88. The van der Waals surface area contributed by atoms with E-state index in [1.807, 2.05) is 0 Å². The van der Waals surface area contributed by atoms with Crippen LogP contribution >= 0.6 is 0 Å². The average Bonchev–Trinajstić information content (AvgIpc) is 2.49. The van der Waals surface area contributed by atoms with Crippen molar-refractivity contribution in [1.82, 2.24) is 4.90 Å². The fourth-order valence-corrected chi connectivity index (χ4v) is 3.52. The molecule has 2 heteroatoms. The maximum atomic E-state index is 11.6. The van der Waals surface area contributed by atoms with Gasteiger partial charge in [-0.1, -0.05) is 71.1 Å². The highest BCUT2D eigenvalue weighted by molar-refractivity contribution is 5.81. The van der Waals surface area contributed by atoms with E-state index in [1.54, 1.807) is 6.92 Å². The van der Waals surface area contributed by atoms with Gasteiger partial charge in [0.05, 0.1) is 6.04 Å². The largest absolute Gasteiger partial charge is 0.298 e. The Morgan fingerprint density at radius 3 is 2.05 bits per heavy atom. The van der Waals surface area contributed by atoms with E-state index in [1.165, 1.54) is 77.0 Å². The van der Waals surface area contributed by atoms with Gasteiger partial charge in [-0.3, -0.25) is 9.69 Å². The second-order valence-corrected chi connectivity index (χ2v) is 6.84. The number of nitrogens with zero attached hydrogens (tertiary/aromatic N) is 1. The summed E-state index contributed by atoms with van der Waals surface area (Å²) in [6.07, 6.45) is 17.5. The average molecular weight is 296 g/mol.